The fourth-order valence-corrected chi connectivity index (χ4v) is 10.5. The molecule has 352 valence electrons. The van der Waals surface area contributed by atoms with E-state index in [2.05, 4.69) is 238 Å². The number of hydrogen-bond acceptors (Lipinski definition) is 0. The van der Waals surface area contributed by atoms with Crippen LogP contribution >= 0.6 is 0 Å². The molecule has 0 amide bonds. The Morgan fingerprint density at radius 2 is 1.20 bits per heavy atom. The molecule has 69 heavy (non-hydrogen) atoms. The van der Waals surface area contributed by atoms with Crippen LogP contribution in [0.1, 0.15) is 131 Å². The first kappa shape index (κ1) is 51.6. The Morgan fingerprint density at radius 1 is 0.609 bits per heavy atom. The van der Waals surface area contributed by atoms with Gasteiger partial charge in [0, 0.05) is 5.92 Å². The van der Waals surface area contributed by atoms with Gasteiger partial charge in [-0.05, 0) is 147 Å². The fraction of sp³-hybridized carbons (Fsp3) is 0.246. The second-order valence-electron chi connectivity index (χ2n) is 18.5. The van der Waals surface area contributed by atoms with Crippen molar-refractivity contribution in [1.29, 1.82) is 0 Å². The molecule has 3 aliphatic rings. The van der Waals surface area contributed by atoms with E-state index < -0.39 is 0 Å². The van der Waals surface area contributed by atoms with Gasteiger partial charge in [-0.1, -0.05) is 255 Å². The number of hydrogen-bond donors (Lipinski definition) is 0. The molecule has 0 N–H and O–H groups in total. The van der Waals surface area contributed by atoms with Crippen LogP contribution in [0.25, 0.3) is 39.0 Å². The summed E-state index contributed by atoms with van der Waals surface area (Å²) in [5, 5.41) is 0. The van der Waals surface area contributed by atoms with Crippen LogP contribution in [0.2, 0.25) is 0 Å². The zero-order valence-corrected chi connectivity index (χ0v) is 43.1. The van der Waals surface area contributed by atoms with Crippen molar-refractivity contribution in [3.8, 4) is 33.4 Å². The summed E-state index contributed by atoms with van der Waals surface area (Å²) in [7, 11) is 0. The SMILES string of the molecule is C=C(C)CCC.C=C1C=C(/C(=C/C(CCC)c2ccc(-c3ccccc3)cc2)CCC)C=CC1.C=CC1=C(C=C)C2(c3ccccc31)c1ccccc1-c1cc(C)c(-c3ccccc3C)cc12.CC. The summed E-state index contributed by atoms with van der Waals surface area (Å²) in [5.74, 6) is 0.459. The van der Waals surface area contributed by atoms with Gasteiger partial charge in [-0.15, -0.1) is 6.58 Å². The molecule has 0 heterocycles. The van der Waals surface area contributed by atoms with E-state index in [9.17, 15) is 0 Å². The van der Waals surface area contributed by atoms with Crippen molar-refractivity contribution >= 4 is 5.57 Å². The number of rotatable bonds is 13. The molecule has 0 fully saturated rings. The Kier molecular flexibility index (Phi) is 18.3. The van der Waals surface area contributed by atoms with Crippen molar-refractivity contribution in [3.05, 3.63) is 269 Å². The Morgan fingerprint density at radius 3 is 1.78 bits per heavy atom. The van der Waals surface area contributed by atoms with Crippen LogP contribution in [-0.4, -0.2) is 0 Å². The minimum Gasteiger partial charge on any atom is -0.100 e. The number of fused-ring (bicyclic) bond motifs is 7. The van der Waals surface area contributed by atoms with Crippen LogP contribution in [0, 0.1) is 13.8 Å². The standard InChI is InChI=1S/C33H26.C28H32.C6H12.C2H6/c1-5-23-25-15-9-11-17-30(25)33(29(23)6-2)31-18-12-10-16-26(31)28-19-22(4)27(20-32(28)33)24-14-8-7-13-21(24)3;1-4-10-26(21-27(11-5-2)28-15-9-12-22(3)20-28)25-18-16-24(17-19-25)23-13-7-6-8-14-23;1-4-5-6(2)3;1-2/h5-20H,1-2H2,3-4H3;6-9,13-21,26H,3-5,10-12H2,1-2H3;2,4-5H2,1,3H3;1-2H3/b;27-21+;;. The maximum absolute atomic E-state index is 4.30. The molecule has 0 bridgehead atoms. The molecule has 0 saturated carbocycles. The fourth-order valence-electron chi connectivity index (χ4n) is 10.5. The van der Waals surface area contributed by atoms with E-state index >= 15 is 0 Å². The lowest BCUT2D eigenvalue weighted by Gasteiger charge is -2.32. The minimum atomic E-state index is -0.376. The van der Waals surface area contributed by atoms with Crippen LogP contribution in [-0.2, 0) is 5.41 Å². The Bertz CT molecular complexity index is 2880. The lowest BCUT2D eigenvalue weighted by molar-refractivity contribution is 0.709. The summed E-state index contributed by atoms with van der Waals surface area (Å²) in [6.07, 6.45) is 21.4. The van der Waals surface area contributed by atoms with Gasteiger partial charge in [0.1, 0.15) is 0 Å². The molecule has 0 radical (unpaired) electrons. The summed E-state index contributed by atoms with van der Waals surface area (Å²) < 4.78 is 0. The Balaban J connectivity index is 0.000000199. The van der Waals surface area contributed by atoms with Crippen molar-refractivity contribution in [2.24, 2.45) is 0 Å². The molecule has 6 aromatic carbocycles. The molecule has 9 rings (SSSR count). The van der Waals surface area contributed by atoms with Gasteiger partial charge in [0.25, 0.3) is 0 Å². The first-order chi connectivity index (χ1) is 33.6. The zero-order valence-electron chi connectivity index (χ0n) is 43.1. The van der Waals surface area contributed by atoms with Crippen LogP contribution in [0.5, 0.6) is 0 Å². The van der Waals surface area contributed by atoms with Gasteiger partial charge in [-0.2, -0.15) is 0 Å². The molecule has 3 aliphatic carbocycles. The van der Waals surface area contributed by atoms with E-state index in [1.807, 2.05) is 19.9 Å². The molecule has 0 heteroatoms. The molecule has 2 atom stereocenters. The summed E-state index contributed by atoms with van der Waals surface area (Å²) in [6, 6.07) is 51.0. The van der Waals surface area contributed by atoms with Crippen molar-refractivity contribution in [2.75, 3.05) is 0 Å². The first-order valence-corrected chi connectivity index (χ1v) is 25.6. The van der Waals surface area contributed by atoms with E-state index in [-0.39, 0.29) is 5.41 Å². The maximum Gasteiger partial charge on any atom is 0.0725 e. The monoisotopic (exact) mass is 905 g/mol. The Labute approximate surface area is 417 Å². The third-order valence-electron chi connectivity index (χ3n) is 13.6. The van der Waals surface area contributed by atoms with Gasteiger partial charge in [0.05, 0.1) is 5.41 Å². The van der Waals surface area contributed by atoms with Gasteiger partial charge < -0.3 is 0 Å². The molecule has 0 saturated heterocycles. The predicted octanol–water partition coefficient (Wildman–Crippen LogP) is 20.2. The van der Waals surface area contributed by atoms with Crippen molar-refractivity contribution < 1.29 is 0 Å². The maximum atomic E-state index is 4.30. The highest BCUT2D eigenvalue weighted by Crippen LogP contribution is 2.62. The normalized spacial score (nSPS) is 15.5. The minimum absolute atomic E-state index is 0.376. The lowest BCUT2D eigenvalue weighted by atomic mass is 9.69. The van der Waals surface area contributed by atoms with Crippen LogP contribution in [0.15, 0.2) is 230 Å². The van der Waals surface area contributed by atoms with E-state index in [1.165, 1.54) is 131 Å². The smallest absolute Gasteiger partial charge is 0.0725 e. The first-order valence-electron chi connectivity index (χ1n) is 25.6. The number of aryl methyl sites for hydroxylation is 2. The van der Waals surface area contributed by atoms with Gasteiger partial charge >= 0.3 is 0 Å². The summed E-state index contributed by atoms with van der Waals surface area (Å²) >= 11 is 0. The van der Waals surface area contributed by atoms with Gasteiger partial charge in [-0.25, -0.2) is 0 Å². The highest BCUT2D eigenvalue weighted by atomic mass is 14.5. The van der Waals surface area contributed by atoms with Gasteiger partial charge in [0.15, 0.2) is 0 Å². The van der Waals surface area contributed by atoms with Gasteiger partial charge in [0.2, 0.25) is 0 Å². The van der Waals surface area contributed by atoms with Crippen LogP contribution in [0.4, 0.5) is 0 Å². The molecule has 6 aromatic rings. The summed E-state index contributed by atoms with van der Waals surface area (Å²) in [6.45, 7) is 33.6. The third-order valence-corrected chi connectivity index (χ3v) is 13.6. The molecule has 0 aliphatic heterocycles. The topological polar surface area (TPSA) is 0 Å². The van der Waals surface area contributed by atoms with Crippen molar-refractivity contribution in [1.82, 2.24) is 0 Å². The summed E-state index contributed by atoms with van der Waals surface area (Å²) in [5.41, 5.74) is 24.4. The van der Waals surface area contributed by atoms with Crippen LogP contribution in [0.3, 0.4) is 0 Å². The average Bonchev–Trinajstić information content (AvgIpc) is 3.83. The number of benzene rings is 6. The Hall–Kier alpha value is -6.76. The van der Waals surface area contributed by atoms with Crippen molar-refractivity contribution in [2.45, 2.75) is 112 Å². The summed E-state index contributed by atoms with van der Waals surface area (Å²) in [4.78, 5) is 0. The molecule has 2 unspecified atom stereocenters. The van der Waals surface area contributed by atoms with E-state index in [4.69, 9.17) is 0 Å². The van der Waals surface area contributed by atoms with Gasteiger partial charge in [-0.3, -0.25) is 0 Å². The largest absolute Gasteiger partial charge is 0.100 e. The number of allylic oxidation sites excluding steroid dienone is 12. The van der Waals surface area contributed by atoms with Crippen LogP contribution < -0.4 is 0 Å². The molecule has 1 spiro atoms. The predicted molar refractivity (Wildman–Crippen MR) is 305 cm³/mol. The molecular formula is C69H76. The highest BCUT2D eigenvalue weighted by Gasteiger charge is 2.51. The van der Waals surface area contributed by atoms with Crippen molar-refractivity contribution in [3.63, 3.8) is 0 Å². The van der Waals surface area contributed by atoms with E-state index in [1.54, 1.807) is 0 Å². The highest BCUT2D eigenvalue weighted by molar-refractivity contribution is 5.98. The van der Waals surface area contributed by atoms with E-state index in [0.29, 0.717) is 5.92 Å². The quantitative estimate of drug-likeness (QED) is 0.101. The zero-order chi connectivity index (χ0) is 49.5. The lowest BCUT2D eigenvalue weighted by Crippen LogP contribution is -2.26. The van der Waals surface area contributed by atoms with E-state index in [0.717, 1.165) is 19.3 Å². The average molecular weight is 905 g/mol. The molecule has 0 aromatic heterocycles. The third kappa shape index (κ3) is 11.1. The molecule has 0 nitrogen and oxygen atoms in total. The molecular weight excluding hydrogens is 829 g/mol. The second-order valence-corrected chi connectivity index (χ2v) is 18.5. The second kappa shape index (κ2) is 24.5.